The summed E-state index contributed by atoms with van der Waals surface area (Å²) in [5, 5.41) is 12.3. The monoisotopic (exact) mass is 379 g/mol. The van der Waals surface area contributed by atoms with Crippen LogP contribution in [0.4, 0.5) is 4.39 Å². The number of thiophene rings is 1. The maximum absolute atomic E-state index is 13.1. The Balaban J connectivity index is 1.84. The number of aryl methyl sites for hydroxylation is 1. The molecule has 3 rings (SSSR count). The van der Waals surface area contributed by atoms with Crippen molar-refractivity contribution in [2.24, 2.45) is 0 Å². The second-order valence-electron chi connectivity index (χ2n) is 6.04. The number of carboxylic acids is 1. The Morgan fingerprint density at radius 1 is 1.20 bits per heavy atom. The van der Waals surface area contributed by atoms with Crippen LogP contribution in [-0.2, 0) is 4.79 Å². The van der Waals surface area contributed by atoms with Gasteiger partial charge in [-0.05, 0) is 60.6 Å². The smallest absolute Gasteiger partial charge is 0.329 e. The van der Waals surface area contributed by atoms with Crippen LogP contribution in [0.5, 0.6) is 0 Å². The number of halogens is 1. The van der Waals surface area contributed by atoms with Gasteiger partial charge in [0.1, 0.15) is 11.4 Å². The quantitative estimate of drug-likeness (QED) is 0.844. The van der Waals surface area contributed by atoms with E-state index < -0.39 is 11.5 Å². The van der Waals surface area contributed by atoms with Crippen LogP contribution in [0, 0.1) is 12.7 Å². The first-order valence-electron chi connectivity index (χ1n) is 7.91. The van der Waals surface area contributed by atoms with Gasteiger partial charge in [0.05, 0.1) is 4.88 Å². The number of nitrogens with one attached hydrogen (secondary N) is 1. The van der Waals surface area contributed by atoms with E-state index in [1.807, 2.05) is 6.92 Å². The molecule has 132 valence electrons. The minimum atomic E-state index is -1.18. The second-order valence-corrected chi connectivity index (χ2v) is 8.52. The van der Waals surface area contributed by atoms with Crippen LogP contribution in [0.1, 0.15) is 27.4 Å². The Labute approximate surface area is 153 Å². The summed E-state index contributed by atoms with van der Waals surface area (Å²) in [5.74, 6) is -0.217. The van der Waals surface area contributed by atoms with E-state index in [0.717, 1.165) is 27.5 Å². The van der Waals surface area contributed by atoms with Crippen molar-refractivity contribution in [2.75, 3.05) is 11.5 Å². The number of carbonyl (C=O) groups is 2. The number of hydrogen-bond acceptors (Lipinski definition) is 4. The van der Waals surface area contributed by atoms with Crippen LogP contribution >= 0.6 is 23.1 Å². The highest BCUT2D eigenvalue weighted by Crippen LogP contribution is 2.33. The van der Waals surface area contributed by atoms with E-state index in [-0.39, 0.29) is 11.7 Å². The fourth-order valence-electron chi connectivity index (χ4n) is 2.90. The molecular weight excluding hydrogens is 361 g/mol. The van der Waals surface area contributed by atoms with E-state index in [0.29, 0.717) is 17.7 Å². The zero-order valence-corrected chi connectivity index (χ0v) is 15.3. The molecule has 25 heavy (non-hydrogen) atoms. The molecule has 0 radical (unpaired) electrons. The van der Waals surface area contributed by atoms with Gasteiger partial charge in [0.15, 0.2) is 0 Å². The summed E-state index contributed by atoms with van der Waals surface area (Å²) in [6, 6.07) is 7.85. The average Bonchev–Trinajstić information content (AvgIpc) is 2.98. The maximum Gasteiger partial charge on any atom is 0.329 e. The van der Waals surface area contributed by atoms with Crippen molar-refractivity contribution in [2.45, 2.75) is 25.3 Å². The SMILES string of the molecule is Cc1sc(C(=O)NC2(C(=O)O)CCSCC2)cc1-c1ccc(F)cc1. The van der Waals surface area contributed by atoms with E-state index in [2.05, 4.69) is 5.32 Å². The lowest BCUT2D eigenvalue weighted by molar-refractivity contribution is -0.144. The molecule has 0 saturated carbocycles. The van der Waals surface area contributed by atoms with Crippen molar-refractivity contribution in [3.05, 3.63) is 45.9 Å². The molecule has 1 amide bonds. The molecule has 4 nitrogen and oxygen atoms in total. The molecule has 2 aromatic rings. The van der Waals surface area contributed by atoms with Gasteiger partial charge >= 0.3 is 5.97 Å². The molecule has 1 saturated heterocycles. The van der Waals surface area contributed by atoms with E-state index in [4.69, 9.17) is 0 Å². The predicted octanol–water partition coefficient (Wildman–Crippen LogP) is 3.94. The van der Waals surface area contributed by atoms with Crippen LogP contribution in [0.2, 0.25) is 0 Å². The summed E-state index contributed by atoms with van der Waals surface area (Å²) >= 11 is 3.02. The van der Waals surface area contributed by atoms with Crippen LogP contribution in [0.15, 0.2) is 30.3 Å². The van der Waals surface area contributed by atoms with E-state index in [1.165, 1.54) is 23.5 Å². The molecule has 1 aliphatic rings. The van der Waals surface area contributed by atoms with Gasteiger partial charge in [-0.3, -0.25) is 4.79 Å². The number of amides is 1. The zero-order chi connectivity index (χ0) is 18.0. The number of carbonyl (C=O) groups excluding carboxylic acids is 1. The first-order valence-corrected chi connectivity index (χ1v) is 9.88. The van der Waals surface area contributed by atoms with Crippen LogP contribution in [-0.4, -0.2) is 34.0 Å². The van der Waals surface area contributed by atoms with Gasteiger partial charge in [-0.25, -0.2) is 9.18 Å². The Morgan fingerprint density at radius 2 is 1.84 bits per heavy atom. The molecular formula is C18H18FNO3S2. The Bertz CT molecular complexity index is 795. The third kappa shape index (κ3) is 3.72. The maximum atomic E-state index is 13.1. The molecule has 0 spiro atoms. The summed E-state index contributed by atoms with van der Waals surface area (Å²) in [6.07, 6.45) is 0.849. The van der Waals surface area contributed by atoms with Crippen molar-refractivity contribution in [3.8, 4) is 11.1 Å². The number of thioether (sulfide) groups is 1. The lowest BCUT2D eigenvalue weighted by Gasteiger charge is -2.33. The second kappa shape index (κ2) is 7.17. The fourth-order valence-corrected chi connectivity index (χ4v) is 5.03. The van der Waals surface area contributed by atoms with E-state index in [9.17, 15) is 19.1 Å². The van der Waals surface area contributed by atoms with Crippen LogP contribution < -0.4 is 5.32 Å². The molecule has 0 unspecified atom stereocenters. The van der Waals surface area contributed by atoms with Crippen molar-refractivity contribution in [1.29, 1.82) is 0 Å². The van der Waals surface area contributed by atoms with Gasteiger partial charge in [-0.15, -0.1) is 11.3 Å². The number of hydrogen-bond donors (Lipinski definition) is 2. The third-order valence-electron chi connectivity index (χ3n) is 4.41. The Hall–Kier alpha value is -1.86. The third-order valence-corrected chi connectivity index (χ3v) is 6.44. The minimum absolute atomic E-state index is 0.312. The van der Waals surface area contributed by atoms with Gasteiger partial charge in [-0.1, -0.05) is 12.1 Å². The summed E-state index contributed by atoms with van der Waals surface area (Å²) in [6.45, 7) is 1.89. The molecule has 1 aromatic heterocycles. The first kappa shape index (κ1) is 17.9. The molecule has 1 aromatic carbocycles. The van der Waals surface area contributed by atoms with Crippen molar-refractivity contribution in [3.63, 3.8) is 0 Å². The summed E-state index contributed by atoms with van der Waals surface area (Å²) < 4.78 is 13.1. The van der Waals surface area contributed by atoms with Gasteiger partial charge in [0, 0.05) is 4.88 Å². The molecule has 0 atom stereocenters. The fraction of sp³-hybridized carbons (Fsp3) is 0.333. The summed E-state index contributed by atoms with van der Waals surface area (Å²) in [5.41, 5.74) is 0.505. The largest absolute Gasteiger partial charge is 0.480 e. The standard InChI is InChI=1S/C18H18FNO3S2/c1-11-14(12-2-4-13(19)5-3-12)10-15(25-11)16(21)20-18(17(22)23)6-8-24-9-7-18/h2-5,10H,6-9H2,1H3,(H,20,21)(H,22,23). The van der Waals surface area contributed by atoms with Gasteiger partial charge in [0.25, 0.3) is 5.91 Å². The molecule has 1 aliphatic heterocycles. The summed E-state index contributed by atoms with van der Waals surface area (Å²) in [4.78, 5) is 25.8. The van der Waals surface area contributed by atoms with Crippen molar-refractivity contribution >= 4 is 35.0 Å². The van der Waals surface area contributed by atoms with Gasteiger partial charge in [-0.2, -0.15) is 11.8 Å². The lowest BCUT2D eigenvalue weighted by Crippen LogP contribution is -2.56. The van der Waals surface area contributed by atoms with Gasteiger partial charge < -0.3 is 10.4 Å². The molecule has 2 N–H and O–H groups in total. The summed E-state index contributed by atoms with van der Waals surface area (Å²) in [7, 11) is 0. The minimum Gasteiger partial charge on any atom is -0.480 e. The Kier molecular flexibility index (Phi) is 5.15. The lowest BCUT2D eigenvalue weighted by atomic mass is 9.92. The zero-order valence-electron chi connectivity index (χ0n) is 13.7. The Morgan fingerprint density at radius 3 is 2.44 bits per heavy atom. The highest BCUT2D eigenvalue weighted by atomic mass is 32.2. The van der Waals surface area contributed by atoms with Crippen molar-refractivity contribution in [1.82, 2.24) is 5.32 Å². The number of aliphatic carboxylic acids is 1. The predicted molar refractivity (Wildman–Crippen MR) is 98.8 cm³/mol. The number of benzene rings is 1. The first-order chi connectivity index (χ1) is 11.9. The van der Waals surface area contributed by atoms with E-state index >= 15 is 0 Å². The molecule has 0 aliphatic carbocycles. The average molecular weight is 379 g/mol. The topological polar surface area (TPSA) is 66.4 Å². The number of carboxylic acid groups (broad SMARTS) is 1. The van der Waals surface area contributed by atoms with Crippen molar-refractivity contribution < 1.29 is 19.1 Å². The molecule has 0 bridgehead atoms. The van der Waals surface area contributed by atoms with Gasteiger partial charge in [0.2, 0.25) is 0 Å². The van der Waals surface area contributed by atoms with Crippen LogP contribution in [0.3, 0.4) is 0 Å². The highest BCUT2D eigenvalue weighted by molar-refractivity contribution is 7.99. The molecule has 7 heteroatoms. The molecule has 1 fully saturated rings. The van der Waals surface area contributed by atoms with E-state index in [1.54, 1.807) is 30.0 Å². The number of rotatable bonds is 4. The van der Waals surface area contributed by atoms with Crippen LogP contribution in [0.25, 0.3) is 11.1 Å². The molecule has 2 heterocycles. The normalized spacial score (nSPS) is 16.4. The highest BCUT2D eigenvalue weighted by Gasteiger charge is 2.41.